The molecule has 0 aliphatic rings. The van der Waals surface area contributed by atoms with Gasteiger partial charge in [0.15, 0.2) is 0 Å². The van der Waals surface area contributed by atoms with Gasteiger partial charge in [0.05, 0.1) is 31.7 Å². The van der Waals surface area contributed by atoms with Crippen molar-refractivity contribution >= 4 is 33.4 Å². The lowest BCUT2D eigenvalue weighted by Crippen LogP contribution is -2.14. The van der Waals surface area contributed by atoms with Crippen LogP contribution in [-0.4, -0.2) is 41.8 Å². The smallest absolute Gasteiger partial charge is 0.131 e. The molecule has 1 atom stereocenters. The molecule has 0 aliphatic carbocycles. The van der Waals surface area contributed by atoms with Crippen LogP contribution < -0.4 is 4.74 Å². The number of benzene rings is 2. The summed E-state index contributed by atoms with van der Waals surface area (Å²) in [4.78, 5) is 7.03. The lowest BCUT2D eigenvalue weighted by Gasteiger charge is -2.13. The van der Waals surface area contributed by atoms with E-state index in [2.05, 4.69) is 9.36 Å². The molecular formula is C20H26ClN3O2S. The first-order chi connectivity index (χ1) is 12.8. The van der Waals surface area contributed by atoms with Gasteiger partial charge in [0.2, 0.25) is 0 Å². The van der Waals surface area contributed by atoms with Crippen molar-refractivity contribution in [3.05, 3.63) is 47.0 Å². The number of aliphatic imine (C=N–C) groups is 1. The monoisotopic (exact) mass is 407 g/mol. The molecule has 146 valence electrons. The van der Waals surface area contributed by atoms with Gasteiger partial charge < -0.3 is 9.64 Å². The fraction of sp³-hybridized carbons (Fsp3) is 0.350. The van der Waals surface area contributed by atoms with Gasteiger partial charge in [0.25, 0.3) is 0 Å². The van der Waals surface area contributed by atoms with Gasteiger partial charge in [-0.15, -0.1) is 0 Å². The highest BCUT2D eigenvalue weighted by molar-refractivity contribution is 7.93. The molecule has 0 aliphatic heterocycles. The highest BCUT2D eigenvalue weighted by atomic mass is 35.5. The van der Waals surface area contributed by atoms with Gasteiger partial charge in [-0.25, -0.2) is 13.6 Å². The Bertz CT molecular complexity index is 950. The van der Waals surface area contributed by atoms with Crippen molar-refractivity contribution in [2.24, 2.45) is 9.36 Å². The normalized spacial score (nSPS) is 13.4. The van der Waals surface area contributed by atoms with Crippen molar-refractivity contribution in [1.29, 1.82) is 0 Å². The van der Waals surface area contributed by atoms with E-state index in [1.807, 2.05) is 50.9 Å². The van der Waals surface area contributed by atoms with Crippen LogP contribution in [0.1, 0.15) is 19.4 Å². The third-order valence-electron chi connectivity index (χ3n) is 3.98. The first kappa shape index (κ1) is 21.3. The minimum Gasteiger partial charge on any atom is -0.457 e. The van der Waals surface area contributed by atoms with E-state index in [1.54, 1.807) is 30.8 Å². The topological polar surface area (TPSA) is 54.3 Å². The van der Waals surface area contributed by atoms with Gasteiger partial charge >= 0.3 is 0 Å². The molecule has 0 radical (unpaired) electrons. The molecule has 2 aromatic rings. The number of halogens is 1. The average Bonchev–Trinajstić information content (AvgIpc) is 2.63. The summed E-state index contributed by atoms with van der Waals surface area (Å²) in [5.41, 5.74) is 1.60. The molecule has 0 aromatic heterocycles. The van der Waals surface area contributed by atoms with E-state index in [9.17, 15) is 4.21 Å². The molecule has 27 heavy (non-hydrogen) atoms. The van der Waals surface area contributed by atoms with E-state index in [0.717, 1.165) is 12.1 Å². The summed E-state index contributed by atoms with van der Waals surface area (Å²) in [6, 6.07) is 10.8. The minimum atomic E-state index is -2.42. The Hall–Kier alpha value is -2.05. The summed E-state index contributed by atoms with van der Waals surface area (Å²) >= 11 is 6.37. The number of hydrogen-bond acceptors (Lipinski definition) is 4. The second-order valence-electron chi connectivity index (χ2n) is 6.21. The second kappa shape index (κ2) is 9.24. The molecule has 0 heterocycles. The fourth-order valence-electron chi connectivity index (χ4n) is 2.32. The van der Waals surface area contributed by atoms with Crippen LogP contribution in [0.3, 0.4) is 0 Å². The van der Waals surface area contributed by atoms with E-state index >= 15 is 0 Å². The maximum absolute atomic E-state index is 12.6. The zero-order valence-corrected chi connectivity index (χ0v) is 18.0. The maximum atomic E-state index is 12.6. The molecule has 2 aromatic carbocycles. The van der Waals surface area contributed by atoms with Gasteiger partial charge in [-0.3, -0.25) is 0 Å². The lowest BCUT2D eigenvalue weighted by molar-refractivity contribution is 0.477. The summed E-state index contributed by atoms with van der Waals surface area (Å²) in [5, 5.41) is 0.507. The van der Waals surface area contributed by atoms with Gasteiger partial charge in [0, 0.05) is 32.5 Å². The van der Waals surface area contributed by atoms with E-state index in [-0.39, 0.29) is 0 Å². The first-order valence-electron chi connectivity index (χ1n) is 8.77. The predicted octanol–water partition coefficient (Wildman–Crippen LogP) is 5.53. The van der Waals surface area contributed by atoms with E-state index < -0.39 is 9.73 Å². The Balaban J connectivity index is 2.31. The number of aryl methyl sites for hydroxylation is 1. The second-order valence-corrected chi connectivity index (χ2v) is 8.95. The molecule has 0 N–H and O–H groups in total. The summed E-state index contributed by atoms with van der Waals surface area (Å²) in [5.74, 6) is 1.23. The van der Waals surface area contributed by atoms with Crippen LogP contribution in [0.2, 0.25) is 5.02 Å². The van der Waals surface area contributed by atoms with Crippen LogP contribution >= 0.6 is 11.6 Å². The van der Waals surface area contributed by atoms with Gasteiger partial charge in [0.1, 0.15) is 11.5 Å². The zero-order valence-electron chi connectivity index (χ0n) is 16.4. The quantitative estimate of drug-likeness (QED) is 0.448. The lowest BCUT2D eigenvalue weighted by atomic mass is 10.2. The molecule has 0 saturated carbocycles. The van der Waals surface area contributed by atoms with Crippen molar-refractivity contribution in [3.8, 4) is 11.5 Å². The van der Waals surface area contributed by atoms with Crippen molar-refractivity contribution in [2.45, 2.75) is 25.7 Å². The van der Waals surface area contributed by atoms with Crippen molar-refractivity contribution in [1.82, 2.24) is 4.90 Å². The van der Waals surface area contributed by atoms with E-state index in [1.165, 1.54) is 0 Å². The standard InChI is InChI=1S/C20H26ClN3O2S/c1-6-23-27(5,25)17-10-8-9-16(12-17)26-20-13-18(21)19(11-15(20)3)22-14-24(4)7-2/h8-14H,6-7H2,1-5H3/b22-14-. The highest BCUT2D eigenvalue weighted by Gasteiger charge is 2.10. The van der Waals surface area contributed by atoms with Gasteiger partial charge in [-0.2, -0.15) is 0 Å². The molecule has 2 rings (SSSR count). The third kappa shape index (κ3) is 5.71. The predicted molar refractivity (Wildman–Crippen MR) is 114 cm³/mol. The molecule has 0 saturated heterocycles. The number of ether oxygens (including phenoxy) is 1. The molecular weight excluding hydrogens is 382 g/mol. The van der Waals surface area contributed by atoms with Crippen molar-refractivity contribution in [2.75, 3.05) is 26.4 Å². The first-order valence-corrected chi connectivity index (χ1v) is 11.1. The van der Waals surface area contributed by atoms with Crippen LogP contribution in [0, 0.1) is 6.92 Å². The molecule has 0 bridgehead atoms. The molecule has 7 heteroatoms. The summed E-state index contributed by atoms with van der Waals surface area (Å²) in [6.45, 7) is 7.23. The largest absolute Gasteiger partial charge is 0.457 e. The van der Waals surface area contributed by atoms with Crippen molar-refractivity contribution < 1.29 is 8.95 Å². The Kier molecular flexibility index (Phi) is 7.27. The summed E-state index contributed by atoms with van der Waals surface area (Å²) in [6.07, 6.45) is 3.39. The molecule has 0 fully saturated rings. The van der Waals surface area contributed by atoms with E-state index in [4.69, 9.17) is 16.3 Å². The van der Waals surface area contributed by atoms with Crippen LogP contribution in [0.4, 0.5) is 5.69 Å². The fourth-order valence-corrected chi connectivity index (χ4v) is 3.83. The molecule has 5 nitrogen and oxygen atoms in total. The van der Waals surface area contributed by atoms with Crippen LogP contribution in [0.25, 0.3) is 0 Å². The van der Waals surface area contributed by atoms with Gasteiger partial charge in [-0.05, 0) is 50.6 Å². The van der Waals surface area contributed by atoms with Crippen molar-refractivity contribution in [3.63, 3.8) is 0 Å². The highest BCUT2D eigenvalue weighted by Crippen LogP contribution is 2.35. The zero-order chi connectivity index (χ0) is 20.0. The Morgan fingerprint density at radius 1 is 1.26 bits per heavy atom. The van der Waals surface area contributed by atoms with E-state index in [0.29, 0.717) is 33.6 Å². The number of hydrogen-bond donors (Lipinski definition) is 0. The number of nitrogens with zero attached hydrogens (tertiary/aromatic N) is 3. The minimum absolute atomic E-state index is 0.504. The molecule has 1 unspecified atom stereocenters. The van der Waals surface area contributed by atoms with Crippen LogP contribution in [0.15, 0.2) is 50.6 Å². The average molecular weight is 408 g/mol. The summed E-state index contributed by atoms with van der Waals surface area (Å²) < 4.78 is 22.8. The summed E-state index contributed by atoms with van der Waals surface area (Å²) in [7, 11) is -0.473. The third-order valence-corrected chi connectivity index (χ3v) is 6.17. The Morgan fingerprint density at radius 2 is 2.00 bits per heavy atom. The molecule has 0 spiro atoms. The SMILES string of the molecule is CCN=S(C)(=O)c1cccc(Oc2cc(Cl)c(/N=C\N(C)CC)cc2C)c1. The maximum Gasteiger partial charge on any atom is 0.131 e. The Morgan fingerprint density at radius 3 is 2.67 bits per heavy atom. The van der Waals surface area contributed by atoms with Crippen LogP contribution in [-0.2, 0) is 9.73 Å². The Labute approximate surface area is 167 Å². The number of rotatable bonds is 7. The van der Waals surface area contributed by atoms with Crippen LogP contribution in [0.5, 0.6) is 11.5 Å². The molecule has 0 amide bonds. The van der Waals surface area contributed by atoms with Gasteiger partial charge in [-0.1, -0.05) is 17.7 Å².